The summed E-state index contributed by atoms with van der Waals surface area (Å²) in [6.45, 7) is 9.50. The maximum Gasteiger partial charge on any atom is 0.234 e. The Kier molecular flexibility index (Phi) is 7.54. The van der Waals surface area contributed by atoms with Crippen LogP contribution in [-0.2, 0) is 14.3 Å². The Balaban J connectivity index is 2.08. The van der Waals surface area contributed by atoms with E-state index in [1.807, 2.05) is 11.8 Å². The molecule has 1 unspecified atom stereocenters. The van der Waals surface area contributed by atoms with Gasteiger partial charge < -0.3 is 20.3 Å². The van der Waals surface area contributed by atoms with Gasteiger partial charge in [0.1, 0.15) is 0 Å². The molecule has 1 atom stereocenters. The Bertz CT molecular complexity index is 315. The molecule has 2 amide bonds. The van der Waals surface area contributed by atoms with Gasteiger partial charge in [0.05, 0.1) is 19.8 Å². The highest BCUT2D eigenvalue weighted by Gasteiger charge is 2.16. The highest BCUT2D eigenvalue weighted by atomic mass is 16.5. The molecule has 1 rings (SSSR count). The molecule has 6 heteroatoms. The lowest BCUT2D eigenvalue weighted by Gasteiger charge is -2.26. The number of ether oxygens (including phenoxy) is 1. The van der Waals surface area contributed by atoms with Crippen molar-refractivity contribution < 1.29 is 14.3 Å². The number of rotatable bonds is 7. The number of hydrogen-bond donors (Lipinski definition) is 2. The number of nitrogens with one attached hydrogen (secondary N) is 2. The molecule has 0 aromatic carbocycles. The molecule has 20 heavy (non-hydrogen) atoms. The maximum absolute atomic E-state index is 11.8. The van der Waals surface area contributed by atoms with E-state index in [0.29, 0.717) is 45.2 Å². The molecule has 0 aromatic rings. The summed E-state index contributed by atoms with van der Waals surface area (Å²) in [5.41, 5.74) is 0. The zero-order chi connectivity index (χ0) is 15.0. The fraction of sp³-hybridized carbons (Fsp3) is 0.857. The van der Waals surface area contributed by atoms with Crippen molar-refractivity contribution in [1.82, 2.24) is 15.5 Å². The van der Waals surface area contributed by atoms with Crippen LogP contribution in [0, 0.1) is 5.92 Å². The van der Waals surface area contributed by atoms with Gasteiger partial charge in [-0.25, -0.2) is 0 Å². The Morgan fingerprint density at radius 1 is 1.20 bits per heavy atom. The topological polar surface area (TPSA) is 70.7 Å². The monoisotopic (exact) mass is 285 g/mol. The predicted molar refractivity (Wildman–Crippen MR) is 77.3 cm³/mol. The van der Waals surface area contributed by atoms with E-state index in [4.69, 9.17) is 4.74 Å². The molecule has 1 fully saturated rings. The fourth-order valence-corrected chi connectivity index (χ4v) is 1.84. The summed E-state index contributed by atoms with van der Waals surface area (Å²) in [5, 5.41) is 5.93. The van der Waals surface area contributed by atoms with Crippen LogP contribution in [0.2, 0.25) is 0 Å². The number of morpholine rings is 1. The summed E-state index contributed by atoms with van der Waals surface area (Å²) in [6, 6.07) is 0.166. The van der Waals surface area contributed by atoms with Crippen molar-refractivity contribution in [2.75, 3.05) is 39.4 Å². The van der Waals surface area contributed by atoms with E-state index < -0.39 is 0 Å². The minimum absolute atomic E-state index is 0.0231. The van der Waals surface area contributed by atoms with Crippen molar-refractivity contribution in [1.29, 1.82) is 0 Å². The van der Waals surface area contributed by atoms with E-state index in [0.717, 1.165) is 0 Å². The van der Waals surface area contributed by atoms with Gasteiger partial charge in [-0.2, -0.15) is 0 Å². The van der Waals surface area contributed by atoms with Crippen LogP contribution in [0.15, 0.2) is 0 Å². The maximum atomic E-state index is 11.8. The van der Waals surface area contributed by atoms with Crippen molar-refractivity contribution >= 4 is 11.8 Å². The number of carbonyl (C=O) groups is 2. The molecule has 1 saturated heterocycles. The Hall–Kier alpha value is -1.14. The van der Waals surface area contributed by atoms with E-state index in [2.05, 4.69) is 24.5 Å². The summed E-state index contributed by atoms with van der Waals surface area (Å²) in [7, 11) is 0. The lowest BCUT2D eigenvalue weighted by molar-refractivity contribution is -0.135. The second kappa shape index (κ2) is 8.92. The third-order valence-corrected chi connectivity index (χ3v) is 3.55. The third-order valence-electron chi connectivity index (χ3n) is 3.55. The normalized spacial score (nSPS) is 17.1. The van der Waals surface area contributed by atoms with Crippen LogP contribution in [0.3, 0.4) is 0 Å². The SMILES string of the molecule is CC(C)C(C)NC(=O)CNCCC(=O)N1CCOCC1. The van der Waals surface area contributed by atoms with Gasteiger partial charge in [0.25, 0.3) is 0 Å². The average Bonchev–Trinajstić information content (AvgIpc) is 2.44. The van der Waals surface area contributed by atoms with Gasteiger partial charge in [-0.3, -0.25) is 9.59 Å². The molecule has 0 saturated carbocycles. The average molecular weight is 285 g/mol. The molecule has 1 heterocycles. The zero-order valence-corrected chi connectivity index (χ0v) is 12.8. The van der Waals surface area contributed by atoms with Crippen LogP contribution in [0.1, 0.15) is 27.2 Å². The summed E-state index contributed by atoms with van der Waals surface area (Å²) >= 11 is 0. The predicted octanol–water partition coefficient (Wildman–Crippen LogP) is -0.0144. The Morgan fingerprint density at radius 2 is 1.85 bits per heavy atom. The first kappa shape index (κ1) is 16.9. The molecule has 0 aliphatic carbocycles. The van der Waals surface area contributed by atoms with E-state index in [1.54, 1.807) is 0 Å². The quantitative estimate of drug-likeness (QED) is 0.645. The smallest absolute Gasteiger partial charge is 0.234 e. The molecule has 1 aliphatic heterocycles. The molecule has 1 aliphatic rings. The highest BCUT2D eigenvalue weighted by molar-refractivity contribution is 5.79. The number of carbonyl (C=O) groups excluding carboxylic acids is 2. The summed E-state index contributed by atoms with van der Waals surface area (Å²) in [5.74, 6) is 0.517. The van der Waals surface area contributed by atoms with Crippen LogP contribution in [0.4, 0.5) is 0 Å². The Labute approximate surface area is 121 Å². The molecule has 2 N–H and O–H groups in total. The minimum Gasteiger partial charge on any atom is -0.378 e. The third kappa shape index (κ3) is 6.34. The first-order valence-corrected chi connectivity index (χ1v) is 7.36. The lowest BCUT2D eigenvalue weighted by Crippen LogP contribution is -2.43. The number of nitrogens with zero attached hydrogens (tertiary/aromatic N) is 1. The fourth-order valence-electron chi connectivity index (χ4n) is 1.84. The Morgan fingerprint density at radius 3 is 2.45 bits per heavy atom. The van der Waals surface area contributed by atoms with Gasteiger partial charge in [-0.15, -0.1) is 0 Å². The molecular weight excluding hydrogens is 258 g/mol. The van der Waals surface area contributed by atoms with Crippen LogP contribution in [-0.4, -0.2) is 62.1 Å². The van der Waals surface area contributed by atoms with E-state index >= 15 is 0 Å². The van der Waals surface area contributed by atoms with Crippen LogP contribution < -0.4 is 10.6 Å². The minimum atomic E-state index is -0.0231. The van der Waals surface area contributed by atoms with Gasteiger partial charge >= 0.3 is 0 Å². The highest BCUT2D eigenvalue weighted by Crippen LogP contribution is 2.00. The number of hydrogen-bond acceptors (Lipinski definition) is 4. The standard InChI is InChI=1S/C14H27N3O3/c1-11(2)12(3)16-13(18)10-15-5-4-14(19)17-6-8-20-9-7-17/h11-12,15H,4-10H2,1-3H3,(H,16,18). The first-order chi connectivity index (χ1) is 9.50. The second-order valence-electron chi connectivity index (χ2n) is 5.52. The molecule has 116 valence electrons. The van der Waals surface area contributed by atoms with E-state index in [-0.39, 0.29) is 24.4 Å². The molecule has 0 radical (unpaired) electrons. The van der Waals surface area contributed by atoms with Crippen LogP contribution in [0.25, 0.3) is 0 Å². The largest absolute Gasteiger partial charge is 0.378 e. The van der Waals surface area contributed by atoms with Crippen molar-refractivity contribution in [3.05, 3.63) is 0 Å². The lowest BCUT2D eigenvalue weighted by atomic mass is 10.1. The molecule has 6 nitrogen and oxygen atoms in total. The second-order valence-corrected chi connectivity index (χ2v) is 5.52. The van der Waals surface area contributed by atoms with Gasteiger partial charge in [-0.05, 0) is 12.8 Å². The summed E-state index contributed by atoms with van der Waals surface area (Å²) in [6.07, 6.45) is 0.424. The molecule has 0 bridgehead atoms. The van der Waals surface area contributed by atoms with Gasteiger partial charge in [0.2, 0.25) is 11.8 Å². The van der Waals surface area contributed by atoms with Crippen molar-refractivity contribution in [3.8, 4) is 0 Å². The van der Waals surface area contributed by atoms with E-state index in [1.165, 1.54) is 0 Å². The van der Waals surface area contributed by atoms with Gasteiger partial charge in [0.15, 0.2) is 0 Å². The van der Waals surface area contributed by atoms with Crippen molar-refractivity contribution in [2.24, 2.45) is 5.92 Å². The van der Waals surface area contributed by atoms with Gasteiger partial charge in [-0.1, -0.05) is 13.8 Å². The summed E-state index contributed by atoms with van der Waals surface area (Å²) < 4.78 is 5.20. The van der Waals surface area contributed by atoms with Crippen LogP contribution >= 0.6 is 0 Å². The zero-order valence-electron chi connectivity index (χ0n) is 12.8. The number of amides is 2. The van der Waals surface area contributed by atoms with Crippen LogP contribution in [0.5, 0.6) is 0 Å². The van der Waals surface area contributed by atoms with Crippen molar-refractivity contribution in [2.45, 2.75) is 33.2 Å². The molecule has 0 aromatic heterocycles. The molecular formula is C14H27N3O3. The molecule has 0 spiro atoms. The first-order valence-electron chi connectivity index (χ1n) is 7.36. The van der Waals surface area contributed by atoms with Gasteiger partial charge in [0, 0.05) is 32.1 Å². The van der Waals surface area contributed by atoms with E-state index in [9.17, 15) is 9.59 Å². The summed E-state index contributed by atoms with van der Waals surface area (Å²) in [4.78, 5) is 25.3. The van der Waals surface area contributed by atoms with Crippen molar-refractivity contribution in [3.63, 3.8) is 0 Å².